The third-order valence-corrected chi connectivity index (χ3v) is 6.49. The maximum Gasteiger partial charge on any atom is 0.416 e. The fraction of sp³-hybridized carbons (Fsp3) is 0.480. The predicted octanol–water partition coefficient (Wildman–Crippen LogP) is 4.85. The number of aliphatic carboxylic acids is 1. The summed E-state index contributed by atoms with van der Waals surface area (Å²) in [6.07, 6.45) is -1.87. The van der Waals surface area contributed by atoms with Crippen molar-refractivity contribution in [2.45, 2.75) is 50.6 Å². The topological polar surface area (TPSA) is 68.2 Å². The van der Waals surface area contributed by atoms with E-state index < -0.39 is 24.3 Å². The Hall–Kier alpha value is -2.78. The monoisotopic (exact) mass is 479 g/mol. The largest absolute Gasteiger partial charge is 0.486 e. The number of carboxylic acid groups (broad SMARTS) is 1. The average molecular weight is 479 g/mol. The molecule has 1 saturated heterocycles. The maximum absolute atomic E-state index is 13.9. The van der Waals surface area contributed by atoms with Gasteiger partial charge in [0.05, 0.1) is 11.7 Å². The molecule has 1 fully saturated rings. The number of halogens is 3. The second-order valence-corrected chi connectivity index (χ2v) is 8.67. The van der Waals surface area contributed by atoms with Crippen LogP contribution in [0.25, 0.3) is 0 Å². The van der Waals surface area contributed by atoms with Crippen LogP contribution in [0.2, 0.25) is 0 Å². The number of carboxylic acids is 1. The van der Waals surface area contributed by atoms with Gasteiger partial charge in [0.2, 0.25) is 0 Å². The van der Waals surface area contributed by atoms with Crippen LogP contribution in [0.5, 0.6) is 11.5 Å². The van der Waals surface area contributed by atoms with Crippen molar-refractivity contribution >= 4 is 5.97 Å². The van der Waals surface area contributed by atoms with Gasteiger partial charge < -0.3 is 19.3 Å². The summed E-state index contributed by atoms with van der Waals surface area (Å²) in [6, 6.07) is 9.27. The lowest BCUT2D eigenvalue weighted by Gasteiger charge is -2.32. The fourth-order valence-electron chi connectivity index (χ4n) is 4.76. The second kappa shape index (κ2) is 10.2. The Morgan fingerprint density at radius 3 is 2.35 bits per heavy atom. The minimum atomic E-state index is -4.42. The van der Waals surface area contributed by atoms with Crippen molar-refractivity contribution in [2.24, 2.45) is 0 Å². The van der Waals surface area contributed by atoms with Gasteiger partial charge in [0.15, 0.2) is 6.61 Å². The lowest BCUT2D eigenvalue weighted by molar-refractivity contribution is -0.139. The molecule has 6 nitrogen and oxygen atoms in total. The Morgan fingerprint density at radius 2 is 1.74 bits per heavy atom. The molecular formula is C25H28F3NO5. The van der Waals surface area contributed by atoms with Gasteiger partial charge in [-0.1, -0.05) is 6.07 Å². The molecule has 0 unspecified atom stereocenters. The molecule has 184 valence electrons. The van der Waals surface area contributed by atoms with Crippen molar-refractivity contribution in [1.82, 2.24) is 4.90 Å². The Balaban J connectivity index is 1.52. The summed E-state index contributed by atoms with van der Waals surface area (Å²) in [5.41, 5.74) is 1.31. The Labute approximate surface area is 196 Å². The van der Waals surface area contributed by atoms with Crippen molar-refractivity contribution in [2.75, 3.05) is 26.8 Å². The van der Waals surface area contributed by atoms with Crippen LogP contribution >= 0.6 is 0 Å². The Kier molecular flexibility index (Phi) is 7.33. The summed E-state index contributed by atoms with van der Waals surface area (Å²) < 4.78 is 58.2. The van der Waals surface area contributed by atoms with E-state index in [1.165, 1.54) is 6.07 Å². The molecule has 1 heterocycles. The summed E-state index contributed by atoms with van der Waals surface area (Å²) in [6.45, 7) is 1.23. The molecule has 2 aromatic rings. The molecule has 1 N–H and O–H groups in total. The molecule has 2 aliphatic rings. The number of methoxy groups -OCH3 is 1. The molecule has 34 heavy (non-hydrogen) atoms. The number of hydrogen-bond donors (Lipinski definition) is 1. The van der Waals surface area contributed by atoms with E-state index in [1.807, 2.05) is 0 Å². The number of alkyl halides is 3. The molecule has 4 rings (SSSR count). The highest BCUT2D eigenvalue weighted by atomic mass is 19.4. The van der Waals surface area contributed by atoms with Crippen LogP contribution in [0, 0.1) is 0 Å². The average Bonchev–Trinajstić information content (AvgIpc) is 3.21. The number of piperidine rings is 1. The molecule has 0 aromatic heterocycles. The first-order valence-electron chi connectivity index (χ1n) is 11.3. The Bertz CT molecular complexity index is 1000. The molecule has 2 aromatic carbocycles. The standard InChI is InChI=1S/C25H28F3NO5/c1-32-16-10-12-29(13-11-16)14-21-19-7-9-23(20(19)6-8-22(21)25(26,27)28)34-18-4-2-17(3-5-18)33-15-24(30)31/h2-6,8,16,23H,7,9-15H2,1H3,(H,30,31)/t23-/m1/s1. The molecule has 1 aliphatic heterocycles. The summed E-state index contributed by atoms with van der Waals surface area (Å²) in [5.74, 6) is -0.125. The number of hydrogen-bond acceptors (Lipinski definition) is 5. The molecular weight excluding hydrogens is 451 g/mol. The third-order valence-electron chi connectivity index (χ3n) is 6.49. The van der Waals surface area contributed by atoms with Gasteiger partial charge in [-0.3, -0.25) is 4.90 Å². The minimum absolute atomic E-state index is 0.165. The van der Waals surface area contributed by atoms with Gasteiger partial charge >= 0.3 is 12.1 Å². The van der Waals surface area contributed by atoms with Gasteiger partial charge in [0.25, 0.3) is 0 Å². The first-order valence-corrected chi connectivity index (χ1v) is 11.3. The molecule has 0 amide bonds. The highest BCUT2D eigenvalue weighted by Crippen LogP contribution is 2.42. The molecule has 1 atom stereocenters. The smallest absolute Gasteiger partial charge is 0.416 e. The van der Waals surface area contributed by atoms with Gasteiger partial charge in [-0.2, -0.15) is 13.2 Å². The number of benzene rings is 2. The number of nitrogens with zero attached hydrogens (tertiary/aromatic N) is 1. The zero-order chi connectivity index (χ0) is 24.3. The number of fused-ring (bicyclic) bond motifs is 1. The zero-order valence-electron chi connectivity index (χ0n) is 18.9. The van der Waals surface area contributed by atoms with Crippen molar-refractivity contribution in [3.63, 3.8) is 0 Å². The SMILES string of the molecule is COC1CCN(Cc2c(C(F)(F)F)ccc3c2CC[C@H]3Oc2ccc(OCC(=O)O)cc2)CC1. The van der Waals surface area contributed by atoms with Crippen molar-refractivity contribution in [3.05, 3.63) is 58.7 Å². The number of ether oxygens (including phenoxy) is 3. The van der Waals surface area contributed by atoms with E-state index in [1.54, 1.807) is 37.4 Å². The highest BCUT2D eigenvalue weighted by molar-refractivity contribution is 5.68. The highest BCUT2D eigenvalue weighted by Gasteiger charge is 2.38. The molecule has 0 spiro atoms. The van der Waals surface area contributed by atoms with Crippen LogP contribution in [-0.4, -0.2) is 48.9 Å². The van der Waals surface area contributed by atoms with Crippen LogP contribution in [0.1, 0.15) is 47.6 Å². The second-order valence-electron chi connectivity index (χ2n) is 8.67. The maximum atomic E-state index is 13.9. The van der Waals surface area contributed by atoms with E-state index in [0.717, 1.165) is 24.0 Å². The van der Waals surface area contributed by atoms with E-state index in [4.69, 9.17) is 19.3 Å². The summed E-state index contributed by atoms with van der Waals surface area (Å²) >= 11 is 0. The summed E-state index contributed by atoms with van der Waals surface area (Å²) in [4.78, 5) is 12.7. The lowest BCUT2D eigenvalue weighted by Crippen LogP contribution is -2.36. The van der Waals surface area contributed by atoms with Crippen LogP contribution in [0.3, 0.4) is 0 Å². The van der Waals surface area contributed by atoms with Crippen LogP contribution in [0.4, 0.5) is 13.2 Å². The molecule has 9 heteroatoms. The summed E-state index contributed by atoms with van der Waals surface area (Å²) in [5, 5.41) is 8.70. The quantitative estimate of drug-likeness (QED) is 0.584. The van der Waals surface area contributed by atoms with E-state index in [0.29, 0.717) is 43.0 Å². The van der Waals surface area contributed by atoms with Crippen LogP contribution in [-0.2, 0) is 28.7 Å². The van der Waals surface area contributed by atoms with Gasteiger partial charge in [-0.25, -0.2) is 4.79 Å². The fourth-order valence-corrected chi connectivity index (χ4v) is 4.76. The molecule has 0 bridgehead atoms. The van der Waals surface area contributed by atoms with Crippen molar-refractivity contribution in [1.29, 1.82) is 0 Å². The predicted molar refractivity (Wildman–Crippen MR) is 118 cm³/mol. The van der Waals surface area contributed by atoms with E-state index in [2.05, 4.69) is 4.90 Å². The van der Waals surface area contributed by atoms with Crippen molar-refractivity contribution in [3.8, 4) is 11.5 Å². The van der Waals surface area contributed by atoms with Crippen molar-refractivity contribution < 1.29 is 37.3 Å². The van der Waals surface area contributed by atoms with Crippen LogP contribution < -0.4 is 9.47 Å². The van der Waals surface area contributed by atoms with Gasteiger partial charge in [0, 0.05) is 26.7 Å². The zero-order valence-corrected chi connectivity index (χ0v) is 18.9. The number of rotatable bonds is 8. The van der Waals surface area contributed by atoms with Gasteiger partial charge in [-0.05, 0) is 72.7 Å². The lowest BCUT2D eigenvalue weighted by atomic mass is 9.95. The van der Waals surface area contributed by atoms with Crippen LogP contribution in [0.15, 0.2) is 36.4 Å². The van der Waals surface area contributed by atoms with Gasteiger partial charge in [0.1, 0.15) is 17.6 Å². The molecule has 0 saturated carbocycles. The Morgan fingerprint density at radius 1 is 1.06 bits per heavy atom. The van der Waals surface area contributed by atoms with Gasteiger partial charge in [-0.15, -0.1) is 0 Å². The van der Waals surface area contributed by atoms with E-state index >= 15 is 0 Å². The first kappa shape index (κ1) is 24.3. The molecule has 0 radical (unpaired) electrons. The number of likely N-dealkylation sites (tertiary alicyclic amines) is 1. The first-order chi connectivity index (χ1) is 16.2. The third kappa shape index (κ3) is 5.64. The summed E-state index contributed by atoms with van der Waals surface area (Å²) in [7, 11) is 1.67. The normalized spacial score (nSPS) is 19.1. The molecule has 1 aliphatic carbocycles. The number of carbonyl (C=O) groups is 1. The van der Waals surface area contributed by atoms with E-state index in [-0.39, 0.29) is 18.8 Å². The van der Waals surface area contributed by atoms with E-state index in [9.17, 15) is 18.0 Å². The minimum Gasteiger partial charge on any atom is -0.486 e.